The number of nitrogens with one attached hydrogen (secondary N) is 1. The van der Waals surface area contributed by atoms with E-state index in [1.165, 1.54) is 17.8 Å². The first kappa shape index (κ1) is 16.3. The van der Waals surface area contributed by atoms with Gasteiger partial charge in [-0.1, -0.05) is 24.3 Å². The van der Waals surface area contributed by atoms with Crippen LogP contribution in [-0.2, 0) is 4.79 Å². The van der Waals surface area contributed by atoms with Gasteiger partial charge in [0.2, 0.25) is 0 Å². The summed E-state index contributed by atoms with van der Waals surface area (Å²) < 4.78 is 18.9. The second-order valence-corrected chi connectivity index (χ2v) is 6.19. The molecule has 0 radical (unpaired) electrons. The lowest BCUT2D eigenvalue weighted by Gasteiger charge is -2.05. The normalized spacial score (nSPS) is 17.4. The van der Waals surface area contributed by atoms with Crippen LogP contribution in [0.1, 0.15) is 11.1 Å². The number of ether oxygens (including phenoxy) is 1. The highest BCUT2D eigenvalue weighted by Crippen LogP contribution is 2.30. The van der Waals surface area contributed by atoms with Gasteiger partial charge in [0.15, 0.2) is 5.17 Å². The second-order valence-electron chi connectivity index (χ2n) is 5.16. The smallest absolute Gasteiger partial charge is 0.264 e. The van der Waals surface area contributed by atoms with Crippen molar-refractivity contribution in [1.82, 2.24) is 5.32 Å². The number of aryl methyl sites for hydroxylation is 1. The number of amidine groups is 1. The lowest BCUT2D eigenvalue weighted by atomic mass is 10.1. The van der Waals surface area contributed by atoms with Crippen LogP contribution in [0.2, 0.25) is 0 Å². The summed E-state index contributed by atoms with van der Waals surface area (Å²) in [6.45, 7) is 1.95. The number of methoxy groups -OCH3 is 1. The molecule has 1 heterocycles. The highest BCUT2D eigenvalue weighted by Gasteiger charge is 2.24. The van der Waals surface area contributed by atoms with E-state index in [-0.39, 0.29) is 11.6 Å². The number of amides is 1. The van der Waals surface area contributed by atoms with Crippen LogP contribution >= 0.6 is 11.8 Å². The Labute approximate surface area is 143 Å². The maximum Gasteiger partial charge on any atom is 0.264 e. The molecule has 1 aliphatic heterocycles. The van der Waals surface area contributed by atoms with Gasteiger partial charge in [0, 0.05) is 0 Å². The van der Waals surface area contributed by atoms with Crippen molar-refractivity contribution >= 4 is 34.6 Å². The average molecular weight is 342 g/mol. The fourth-order valence-electron chi connectivity index (χ4n) is 2.21. The Bertz CT molecular complexity index is 862. The molecular weight excluding hydrogens is 327 g/mol. The predicted molar refractivity (Wildman–Crippen MR) is 94.9 cm³/mol. The van der Waals surface area contributed by atoms with Crippen molar-refractivity contribution in [2.45, 2.75) is 6.92 Å². The summed E-state index contributed by atoms with van der Waals surface area (Å²) in [5.74, 6) is 0.0724. The lowest BCUT2D eigenvalue weighted by Crippen LogP contribution is -2.19. The van der Waals surface area contributed by atoms with Crippen LogP contribution in [-0.4, -0.2) is 18.2 Å². The standard InChI is InChI=1S/C18H15FN2O2S/c1-11-7-8-12(9-15(11)23-2)10-16-17(22)21-18(24-16)20-14-6-4-3-5-13(14)19/h3-10H,1-2H3,(H,20,21,22)/b16-10-. The van der Waals surface area contributed by atoms with Crippen LogP contribution in [0.15, 0.2) is 52.4 Å². The summed E-state index contributed by atoms with van der Waals surface area (Å²) in [4.78, 5) is 16.7. The van der Waals surface area contributed by atoms with Gasteiger partial charge < -0.3 is 10.1 Å². The number of halogens is 1. The minimum atomic E-state index is -0.430. The van der Waals surface area contributed by atoms with Crippen molar-refractivity contribution < 1.29 is 13.9 Å². The molecule has 0 bridgehead atoms. The van der Waals surface area contributed by atoms with E-state index in [0.29, 0.717) is 10.1 Å². The molecule has 1 fully saturated rings. The molecule has 2 aromatic carbocycles. The average Bonchev–Trinajstić information content (AvgIpc) is 2.91. The Hall–Kier alpha value is -2.60. The fraction of sp³-hybridized carbons (Fsp3) is 0.111. The lowest BCUT2D eigenvalue weighted by molar-refractivity contribution is -0.115. The number of rotatable bonds is 3. The van der Waals surface area contributed by atoms with Crippen LogP contribution in [0.3, 0.4) is 0 Å². The quantitative estimate of drug-likeness (QED) is 0.857. The zero-order valence-electron chi connectivity index (χ0n) is 13.2. The van der Waals surface area contributed by atoms with E-state index in [9.17, 15) is 9.18 Å². The number of nitrogens with zero attached hydrogens (tertiary/aromatic N) is 1. The largest absolute Gasteiger partial charge is 0.496 e. The number of thioether (sulfide) groups is 1. The zero-order chi connectivity index (χ0) is 17.1. The molecular formula is C18H15FN2O2S. The first-order valence-corrected chi connectivity index (χ1v) is 8.07. The van der Waals surface area contributed by atoms with E-state index in [1.54, 1.807) is 31.4 Å². The molecule has 1 N–H and O–H groups in total. The number of aliphatic imine (C=N–C) groups is 1. The molecule has 0 saturated carbocycles. The number of hydrogen-bond donors (Lipinski definition) is 1. The van der Waals surface area contributed by atoms with E-state index in [0.717, 1.165) is 16.9 Å². The molecule has 0 atom stereocenters. The molecule has 1 aliphatic rings. The molecule has 3 rings (SSSR count). The predicted octanol–water partition coefficient (Wildman–Crippen LogP) is 4.03. The van der Waals surface area contributed by atoms with Crippen LogP contribution in [0.5, 0.6) is 5.75 Å². The topological polar surface area (TPSA) is 50.7 Å². The summed E-state index contributed by atoms with van der Waals surface area (Å²) in [6.07, 6.45) is 1.76. The number of carbonyl (C=O) groups is 1. The third kappa shape index (κ3) is 3.49. The van der Waals surface area contributed by atoms with Crippen molar-refractivity contribution in [3.05, 3.63) is 64.3 Å². The summed E-state index contributed by atoms with van der Waals surface area (Å²) >= 11 is 1.18. The van der Waals surface area contributed by atoms with Crippen molar-refractivity contribution in [3.8, 4) is 5.75 Å². The van der Waals surface area contributed by atoms with Crippen molar-refractivity contribution in [2.24, 2.45) is 4.99 Å². The number of benzene rings is 2. The van der Waals surface area contributed by atoms with Gasteiger partial charge in [0.05, 0.1) is 12.0 Å². The summed E-state index contributed by atoms with van der Waals surface area (Å²) in [5.41, 5.74) is 2.06. The van der Waals surface area contributed by atoms with Crippen molar-refractivity contribution in [2.75, 3.05) is 7.11 Å². The number of hydrogen-bond acceptors (Lipinski definition) is 4. The Morgan fingerprint density at radius 2 is 2.04 bits per heavy atom. The number of para-hydroxylation sites is 1. The van der Waals surface area contributed by atoms with Gasteiger partial charge in [-0.3, -0.25) is 4.79 Å². The van der Waals surface area contributed by atoms with Gasteiger partial charge in [-0.2, -0.15) is 0 Å². The molecule has 1 saturated heterocycles. The third-order valence-corrected chi connectivity index (χ3v) is 4.37. The first-order chi connectivity index (χ1) is 11.6. The van der Waals surface area contributed by atoms with Gasteiger partial charge in [-0.15, -0.1) is 0 Å². The highest BCUT2D eigenvalue weighted by atomic mass is 32.2. The molecule has 4 nitrogen and oxygen atoms in total. The van der Waals surface area contributed by atoms with E-state index in [1.807, 2.05) is 25.1 Å². The second kappa shape index (κ2) is 6.88. The minimum Gasteiger partial charge on any atom is -0.496 e. The van der Waals surface area contributed by atoms with Gasteiger partial charge in [0.25, 0.3) is 5.91 Å². The Morgan fingerprint density at radius 1 is 1.25 bits per heavy atom. The molecule has 6 heteroatoms. The Kier molecular flexibility index (Phi) is 4.66. The molecule has 24 heavy (non-hydrogen) atoms. The molecule has 122 valence electrons. The van der Waals surface area contributed by atoms with E-state index in [4.69, 9.17) is 4.74 Å². The minimum absolute atomic E-state index is 0.193. The monoisotopic (exact) mass is 342 g/mol. The number of carbonyl (C=O) groups excluding carboxylic acids is 1. The molecule has 0 unspecified atom stereocenters. The Balaban J connectivity index is 1.86. The molecule has 2 aromatic rings. The van der Waals surface area contributed by atoms with Crippen molar-refractivity contribution in [3.63, 3.8) is 0 Å². The maximum atomic E-state index is 13.6. The third-order valence-electron chi connectivity index (χ3n) is 3.46. The Morgan fingerprint density at radius 3 is 2.79 bits per heavy atom. The fourth-order valence-corrected chi connectivity index (χ4v) is 3.04. The van der Waals surface area contributed by atoms with Gasteiger partial charge in [-0.05, 0) is 54.1 Å². The van der Waals surface area contributed by atoms with E-state index in [2.05, 4.69) is 10.3 Å². The summed E-state index contributed by atoms with van der Waals surface area (Å²) in [7, 11) is 1.61. The molecule has 0 spiro atoms. The van der Waals surface area contributed by atoms with Gasteiger partial charge >= 0.3 is 0 Å². The zero-order valence-corrected chi connectivity index (χ0v) is 14.0. The van der Waals surface area contributed by atoms with E-state index < -0.39 is 5.82 Å². The summed E-state index contributed by atoms with van der Waals surface area (Å²) in [5, 5.41) is 3.00. The summed E-state index contributed by atoms with van der Waals surface area (Å²) in [6, 6.07) is 11.9. The van der Waals surface area contributed by atoms with Crippen LogP contribution in [0.25, 0.3) is 6.08 Å². The van der Waals surface area contributed by atoms with Gasteiger partial charge in [0.1, 0.15) is 17.3 Å². The highest BCUT2D eigenvalue weighted by molar-refractivity contribution is 8.18. The molecule has 1 amide bonds. The molecule has 0 aromatic heterocycles. The maximum absolute atomic E-state index is 13.6. The van der Waals surface area contributed by atoms with Crippen LogP contribution < -0.4 is 10.1 Å². The van der Waals surface area contributed by atoms with Crippen LogP contribution in [0, 0.1) is 12.7 Å². The SMILES string of the molecule is COc1cc(/C=C2\SC(=Nc3ccccc3F)NC2=O)ccc1C. The van der Waals surface area contributed by atoms with Crippen molar-refractivity contribution in [1.29, 1.82) is 0 Å². The first-order valence-electron chi connectivity index (χ1n) is 7.25. The van der Waals surface area contributed by atoms with E-state index >= 15 is 0 Å². The van der Waals surface area contributed by atoms with Gasteiger partial charge in [-0.25, -0.2) is 9.38 Å². The molecule has 0 aliphatic carbocycles. The van der Waals surface area contributed by atoms with Crippen LogP contribution in [0.4, 0.5) is 10.1 Å².